The van der Waals surface area contributed by atoms with Crippen molar-refractivity contribution >= 4 is 11.6 Å². The van der Waals surface area contributed by atoms with Crippen LogP contribution in [0.1, 0.15) is 90.4 Å². The predicted molar refractivity (Wildman–Crippen MR) is 94.7 cm³/mol. The molecule has 0 N–H and O–H groups in total. The molecule has 0 aromatic rings. The molecule has 0 heterocycles. The maximum atomic E-state index is 5.66. The first-order valence-corrected chi connectivity index (χ1v) is 9.33. The van der Waals surface area contributed by atoms with Gasteiger partial charge in [-0.1, -0.05) is 89.0 Å². The summed E-state index contributed by atoms with van der Waals surface area (Å²) in [6.45, 7) is 2.24. The van der Waals surface area contributed by atoms with Crippen molar-refractivity contribution in [3.8, 4) is 0 Å². The van der Waals surface area contributed by atoms with E-state index in [1.54, 1.807) is 0 Å². The molecule has 0 saturated heterocycles. The van der Waals surface area contributed by atoms with Crippen molar-refractivity contribution in [1.29, 1.82) is 0 Å². The molecule has 0 amide bonds. The van der Waals surface area contributed by atoms with E-state index >= 15 is 0 Å². The maximum Gasteiger partial charge on any atom is 0.0223 e. The minimum atomic E-state index is 0.835. The highest BCUT2D eigenvalue weighted by atomic mass is 35.5. The number of rotatable bonds is 15. The van der Waals surface area contributed by atoms with E-state index in [1.807, 2.05) is 0 Å². The molecular formula is C19H35Cl. The first-order valence-electron chi connectivity index (χ1n) is 8.79. The van der Waals surface area contributed by atoms with E-state index in [-0.39, 0.29) is 0 Å². The highest BCUT2D eigenvalue weighted by Gasteiger charge is 1.91. The summed E-state index contributed by atoms with van der Waals surface area (Å²) in [5.74, 6) is 0.835. The molecule has 0 fully saturated rings. The van der Waals surface area contributed by atoms with Crippen molar-refractivity contribution < 1.29 is 0 Å². The summed E-state index contributed by atoms with van der Waals surface area (Å²) in [6.07, 6.45) is 26.4. The van der Waals surface area contributed by atoms with Crippen LogP contribution in [0.25, 0.3) is 0 Å². The molecule has 0 saturated carbocycles. The van der Waals surface area contributed by atoms with Crippen LogP contribution in [0.2, 0.25) is 0 Å². The van der Waals surface area contributed by atoms with Crippen molar-refractivity contribution in [2.24, 2.45) is 0 Å². The maximum absolute atomic E-state index is 5.66. The summed E-state index contributed by atoms with van der Waals surface area (Å²) in [5, 5.41) is 0. The van der Waals surface area contributed by atoms with Crippen LogP contribution in [0, 0.1) is 0 Å². The van der Waals surface area contributed by atoms with E-state index in [1.165, 1.54) is 83.5 Å². The van der Waals surface area contributed by atoms with Crippen molar-refractivity contribution in [1.82, 2.24) is 0 Å². The molecule has 0 aromatic carbocycles. The van der Waals surface area contributed by atoms with Gasteiger partial charge < -0.3 is 0 Å². The topological polar surface area (TPSA) is 0 Å². The summed E-state index contributed by atoms with van der Waals surface area (Å²) < 4.78 is 0. The van der Waals surface area contributed by atoms with E-state index in [0.29, 0.717) is 0 Å². The highest BCUT2D eigenvalue weighted by molar-refractivity contribution is 6.17. The van der Waals surface area contributed by atoms with Crippen molar-refractivity contribution in [2.75, 3.05) is 5.88 Å². The molecule has 0 bridgehead atoms. The summed E-state index contributed by atoms with van der Waals surface area (Å²) >= 11 is 5.66. The Hall–Kier alpha value is -0.230. The fourth-order valence-corrected chi connectivity index (χ4v) is 2.45. The van der Waals surface area contributed by atoms with E-state index in [4.69, 9.17) is 11.6 Å². The molecule has 20 heavy (non-hydrogen) atoms. The van der Waals surface area contributed by atoms with Crippen LogP contribution >= 0.6 is 11.6 Å². The fraction of sp³-hybridized carbons (Fsp3) is 0.789. The molecule has 0 aliphatic rings. The number of allylic oxidation sites excluding steroid dienone is 4. The lowest BCUT2D eigenvalue weighted by atomic mass is 10.1. The molecular weight excluding hydrogens is 264 g/mol. The van der Waals surface area contributed by atoms with Gasteiger partial charge in [0.2, 0.25) is 0 Å². The zero-order valence-electron chi connectivity index (χ0n) is 13.6. The molecule has 0 spiro atoms. The van der Waals surface area contributed by atoms with Crippen molar-refractivity contribution in [3.63, 3.8) is 0 Å². The number of hydrogen-bond donors (Lipinski definition) is 0. The molecule has 118 valence electrons. The minimum absolute atomic E-state index is 0.835. The summed E-state index contributed by atoms with van der Waals surface area (Å²) in [4.78, 5) is 0. The molecule has 0 aromatic heterocycles. The van der Waals surface area contributed by atoms with Crippen LogP contribution in [0.5, 0.6) is 0 Å². The van der Waals surface area contributed by atoms with Gasteiger partial charge >= 0.3 is 0 Å². The zero-order valence-corrected chi connectivity index (χ0v) is 14.3. The van der Waals surface area contributed by atoms with Gasteiger partial charge in [-0.05, 0) is 25.7 Å². The van der Waals surface area contributed by atoms with Gasteiger partial charge in [-0.15, -0.1) is 11.6 Å². The Morgan fingerprint density at radius 3 is 1.55 bits per heavy atom. The van der Waals surface area contributed by atoms with E-state index in [0.717, 1.165) is 5.88 Å². The smallest absolute Gasteiger partial charge is 0.0223 e. The molecule has 1 heteroatoms. The van der Waals surface area contributed by atoms with Gasteiger partial charge in [0.1, 0.15) is 0 Å². The van der Waals surface area contributed by atoms with Gasteiger partial charge in [-0.2, -0.15) is 0 Å². The largest absolute Gasteiger partial charge is 0.127 e. The lowest BCUT2D eigenvalue weighted by Crippen LogP contribution is -1.82. The summed E-state index contributed by atoms with van der Waals surface area (Å²) in [5.41, 5.74) is 0. The first-order chi connectivity index (χ1) is 9.91. The normalized spacial score (nSPS) is 11.9. The SMILES string of the molecule is CCCC/C=C/C=C/CCCCCCCCCCCCl. The Morgan fingerprint density at radius 2 is 1.05 bits per heavy atom. The second-order valence-electron chi connectivity index (χ2n) is 5.66. The second kappa shape index (κ2) is 18.8. The van der Waals surface area contributed by atoms with Crippen LogP contribution in [-0.4, -0.2) is 5.88 Å². The van der Waals surface area contributed by atoms with Crippen molar-refractivity contribution in [2.45, 2.75) is 90.4 Å². The molecule has 0 nitrogen and oxygen atoms in total. The molecule has 0 atom stereocenters. The Morgan fingerprint density at radius 1 is 0.600 bits per heavy atom. The molecule has 0 unspecified atom stereocenters. The zero-order chi connectivity index (χ0) is 14.7. The number of hydrogen-bond acceptors (Lipinski definition) is 0. The second-order valence-corrected chi connectivity index (χ2v) is 6.04. The van der Waals surface area contributed by atoms with E-state index < -0.39 is 0 Å². The van der Waals surface area contributed by atoms with Crippen LogP contribution in [0.4, 0.5) is 0 Å². The number of alkyl halides is 1. The van der Waals surface area contributed by atoms with Gasteiger partial charge in [0.15, 0.2) is 0 Å². The lowest BCUT2D eigenvalue weighted by Gasteiger charge is -2.00. The van der Waals surface area contributed by atoms with E-state index in [2.05, 4.69) is 31.2 Å². The van der Waals surface area contributed by atoms with E-state index in [9.17, 15) is 0 Å². The third-order valence-corrected chi connectivity index (χ3v) is 3.88. The lowest BCUT2D eigenvalue weighted by molar-refractivity contribution is 0.567. The number of unbranched alkanes of at least 4 members (excludes halogenated alkanes) is 11. The highest BCUT2D eigenvalue weighted by Crippen LogP contribution is 2.11. The van der Waals surface area contributed by atoms with Crippen LogP contribution < -0.4 is 0 Å². The van der Waals surface area contributed by atoms with Crippen LogP contribution in [-0.2, 0) is 0 Å². The Labute approximate surface area is 132 Å². The Kier molecular flexibility index (Phi) is 18.6. The van der Waals surface area contributed by atoms with Gasteiger partial charge in [-0.25, -0.2) is 0 Å². The molecule has 0 rings (SSSR count). The molecule has 0 aliphatic heterocycles. The predicted octanol–water partition coefficient (Wildman–Crippen LogP) is 7.43. The Bertz CT molecular complexity index is 218. The van der Waals surface area contributed by atoms with Gasteiger partial charge in [0.25, 0.3) is 0 Å². The fourth-order valence-electron chi connectivity index (χ4n) is 2.27. The third kappa shape index (κ3) is 17.8. The Balaban J connectivity index is 3.09. The van der Waals surface area contributed by atoms with Gasteiger partial charge in [0.05, 0.1) is 0 Å². The monoisotopic (exact) mass is 298 g/mol. The van der Waals surface area contributed by atoms with Gasteiger partial charge in [0, 0.05) is 5.88 Å². The van der Waals surface area contributed by atoms with Crippen molar-refractivity contribution in [3.05, 3.63) is 24.3 Å². The summed E-state index contributed by atoms with van der Waals surface area (Å²) in [7, 11) is 0. The average Bonchev–Trinajstić information content (AvgIpc) is 2.47. The van der Waals surface area contributed by atoms with Crippen LogP contribution in [0.3, 0.4) is 0 Å². The van der Waals surface area contributed by atoms with Gasteiger partial charge in [-0.3, -0.25) is 0 Å². The third-order valence-electron chi connectivity index (χ3n) is 3.61. The molecule has 0 radical (unpaired) electrons. The summed E-state index contributed by atoms with van der Waals surface area (Å²) in [6, 6.07) is 0. The average molecular weight is 299 g/mol. The molecule has 0 aliphatic carbocycles. The standard InChI is InChI=1S/C19H35Cl/c1-2-3-4-5-6-7-8-9-10-11-12-13-14-15-16-17-18-19-20/h5-8H,2-4,9-19H2,1H3/b6-5+,8-7+. The first kappa shape index (κ1) is 19.8. The minimum Gasteiger partial charge on any atom is -0.127 e. The quantitative estimate of drug-likeness (QED) is 0.167. The number of halogens is 1. The van der Waals surface area contributed by atoms with Crippen LogP contribution in [0.15, 0.2) is 24.3 Å².